The summed E-state index contributed by atoms with van der Waals surface area (Å²) in [5, 5.41) is 0. The van der Waals surface area contributed by atoms with Crippen LogP contribution in [0.15, 0.2) is 12.5 Å². The van der Waals surface area contributed by atoms with Crippen LogP contribution in [0.4, 0.5) is 0 Å². The number of aromatic nitrogens is 2. The van der Waals surface area contributed by atoms with Gasteiger partial charge in [-0.25, -0.2) is 9.55 Å². The highest BCUT2D eigenvalue weighted by Crippen LogP contribution is 2.27. The fourth-order valence-electron chi connectivity index (χ4n) is 3.90. The normalized spacial score (nSPS) is 20.7. The predicted molar refractivity (Wildman–Crippen MR) is 93.9 cm³/mol. The van der Waals surface area contributed by atoms with Crippen LogP contribution in [0.3, 0.4) is 0 Å². The van der Waals surface area contributed by atoms with Gasteiger partial charge in [0.25, 0.3) is 0 Å². The maximum atomic E-state index is 3.43. The summed E-state index contributed by atoms with van der Waals surface area (Å²) in [5.74, 6) is 2.30. The van der Waals surface area contributed by atoms with Gasteiger partial charge in [-0.2, -0.15) is 0 Å². The molecule has 22 heavy (non-hydrogen) atoms. The highest BCUT2D eigenvalue weighted by molar-refractivity contribution is 4.95. The molecule has 0 amide bonds. The maximum absolute atomic E-state index is 3.43. The van der Waals surface area contributed by atoms with Gasteiger partial charge in [0.15, 0.2) is 0 Å². The van der Waals surface area contributed by atoms with Crippen LogP contribution in [0, 0.1) is 11.8 Å². The van der Waals surface area contributed by atoms with Gasteiger partial charge >= 0.3 is 0 Å². The number of nitrogens with one attached hydrogen (secondary N) is 1. The fourth-order valence-corrected chi connectivity index (χ4v) is 3.90. The third kappa shape index (κ3) is 5.78. The van der Waals surface area contributed by atoms with Crippen molar-refractivity contribution in [3.63, 3.8) is 0 Å². The SMILES string of the molecule is CC(C)c1c[n+](CC(C)C2CCCCCCCCCC2)c[nH]1. The molecule has 0 aromatic carbocycles. The quantitative estimate of drug-likeness (QED) is 0.699. The van der Waals surface area contributed by atoms with Gasteiger partial charge in [0, 0.05) is 5.92 Å². The van der Waals surface area contributed by atoms with Crippen LogP contribution in [0.25, 0.3) is 0 Å². The van der Waals surface area contributed by atoms with Crippen LogP contribution < -0.4 is 4.57 Å². The monoisotopic (exact) mass is 305 g/mol. The van der Waals surface area contributed by atoms with E-state index in [1.165, 1.54) is 76.4 Å². The molecule has 1 saturated carbocycles. The molecule has 0 saturated heterocycles. The summed E-state index contributed by atoms with van der Waals surface area (Å²) in [4.78, 5) is 3.43. The Bertz CT molecular complexity index is 396. The van der Waals surface area contributed by atoms with E-state index in [1.807, 2.05) is 0 Å². The van der Waals surface area contributed by atoms with Crippen LogP contribution in [-0.4, -0.2) is 4.98 Å². The van der Waals surface area contributed by atoms with Crippen molar-refractivity contribution in [3.8, 4) is 0 Å². The minimum atomic E-state index is 0.592. The van der Waals surface area contributed by atoms with E-state index in [0.717, 1.165) is 11.8 Å². The Labute approximate surface area is 137 Å². The van der Waals surface area contributed by atoms with Crippen molar-refractivity contribution in [3.05, 3.63) is 18.2 Å². The molecule has 0 bridgehead atoms. The zero-order valence-electron chi connectivity index (χ0n) is 15.1. The number of imidazole rings is 1. The molecule has 2 nitrogen and oxygen atoms in total. The summed E-state index contributed by atoms with van der Waals surface area (Å²) < 4.78 is 2.38. The minimum Gasteiger partial charge on any atom is -0.247 e. The molecule has 1 aromatic rings. The molecule has 1 heterocycles. The number of nitrogens with zero attached hydrogens (tertiary/aromatic N) is 1. The van der Waals surface area contributed by atoms with E-state index in [4.69, 9.17) is 0 Å². The summed E-state index contributed by atoms with van der Waals surface area (Å²) in [6.45, 7) is 8.15. The molecule has 1 aliphatic rings. The van der Waals surface area contributed by atoms with Gasteiger partial charge in [-0.3, -0.25) is 0 Å². The molecule has 1 aliphatic carbocycles. The van der Waals surface area contributed by atoms with Crippen molar-refractivity contribution >= 4 is 0 Å². The van der Waals surface area contributed by atoms with Crippen molar-refractivity contribution in [2.75, 3.05) is 0 Å². The second-order valence-corrected chi connectivity index (χ2v) is 7.85. The second-order valence-electron chi connectivity index (χ2n) is 7.85. The van der Waals surface area contributed by atoms with Crippen molar-refractivity contribution in [2.45, 2.75) is 97.4 Å². The molecular weight excluding hydrogens is 268 g/mol. The third-order valence-corrected chi connectivity index (χ3v) is 5.53. The number of hydrogen-bond donors (Lipinski definition) is 1. The number of aromatic amines is 1. The lowest BCUT2D eigenvalue weighted by Gasteiger charge is -2.22. The van der Waals surface area contributed by atoms with Crippen LogP contribution >= 0.6 is 0 Å². The summed E-state index contributed by atoms with van der Waals surface area (Å²) >= 11 is 0. The van der Waals surface area contributed by atoms with E-state index in [-0.39, 0.29) is 0 Å². The van der Waals surface area contributed by atoms with Crippen LogP contribution in [0.5, 0.6) is 0 Å². The van der Waals surface area contributed by atoms with E-state index >= 15 is 0 Å². The summed E-state index contributed by atoms with van der Waals surface area (Å²) in [5.41, 5.74) is 1.36. The van der Waals surface area contributed by atoms with Crippen molar-refractivity contribution in [2.24, 2.45) is 11.8 Å². The van der Waals surface area contributed by atoms with Crippen LogP contribution in [-0.2, 0) is 6.54 Å². The first-order valence-corrected chi connectivity index (χ1v) is 9.74. The Hall–Kier alpha value is -0.790. The molecule has 1 aromatic heterocycles. The maximum Gasteiger partial charge on any atom is 0.241 e. The van der Waals surface area contributed by atoms with E-state index < -0.39 is 0 Å². The molecular formula is C20H37N2+. The standard InChI is InChI=1S/C20H36N2/c1-17(2)20-15-22(16-21-20)14-18(3)19-12-10-8-6-4-5-7-9-11-13-19/h15-19H,4-14H2,1-3H3/p+1. The third-order valence-electron chi connectivity index (χ3n) is 5.53. The first-order chi connectivity index (χ1) is 10.7. The second kappa shape index (κ2) is 9.37. The topological polar surface area (TPSA) is 19.7 Å². The molecule has 2 rings (SSSR count). The lowest BCUT2D eigenvalue weighted by atomic mass is 9.85. The number of hydrogen-bond acceptors (Lipinski definition) is 0. The molecule has 1 unspecified atom stereocenters. The van der Waals surface area contributed by atoms with Crippen molar-refractivity contribution < 1.29 is 4.57 Å². The van der Waals surface area contributed by atoms with Gasteiger partial charge in [0.2, 0.25) is 6.33 Å². The molecule has 1 N–H and O–H groups in total. The smallest absolute Gasteiger partial charge is 0.241 e. The Balaban J connectivity index is 1.87. The van der Waals surface area contributed by atoms with Crippen molar-refractivity contribution in [1.29, 1.82) is 0 Å². The Morgan fingerprint density at radius 3 is 2.00 bits per heavy atom. The van der Waals surface area contributed by atoms with Gasteiger partial charge in [-0.05, 0) is 11.8 Å². The first kappa shape index (κ1) is 17.6. The van der Waals surface area contributed by atoms with E-state index in [0.29, 0.717) is 5.92 Å². The molecule has 126 valence electrons. The molecule has 0 radical (unpaired) electrons. The average Bonchev–Trinajstić information content (AvgIpc) is 2.92. The van der Waals surface area contributed by atoms with E-state index in [9.17, 15) is 0 Å². The lowest BCUT2D eigenvalue weighted by molar-refractivity contribution is -0.702. The summed E-state index contributed by atoms with van der Waals surface area (Å²) in [6, 6.07) is 0. The average molecular weight is 306 g/mol. The summed E-state index contributed by atoms with van der Waals surface area (Å²) in [7, 11) is 0. The van der Waals surface area contributed by atoms with Crippen molar-refractivity contribution in [1.82, 2.24) is 4.98 Å². The highest BCUT2D eigenvalue weighted by atomic mass is 15.0. The number of H-pyrrole nitrogens is 1. The van der Waals surface area contributed by atoms with Crippen LogP contribution in [0.1, 0.15) is 96.6 Å². The highest BCUT2D eigenvalue weighted by Gasteiger charge is 2.20. The van der Waals surface area contributed by atoms with E-state index in [2.05, 4.69) is 42.8 Å². The lowest BCUT2D eigenvalue weighted by Crippen LogP contribution is -2.36. The predicted octanol–water partition coefficient (Wildman–Crippen LogP) is 5.59. The molecule has 0 aliphatic heterocycles. The Morgan fingerprint density at radius 1 is 0.955 bits per heavy atom. The Kier molecular flexibility index (Phi) is 7.48. The zero-order chi connectivity index (χ0) is 15.8. The Morgan fingerprint density at radius 2 is 1.50 bits per heavy atom. The van der Waals surface area contributed by atoms with Gasteiger partial charge in [-0.1, -0.05) is 85.0 Å². The van der Waals surface area contributed by atoms with Gasteiger partial charge < -0.3 is 0 Å². The summed E-state index contributed by atoms with van der Waals surface area (Å²) in [6.07, 6.45) is 19.0. The first-order valence-electron chi connectivity index (χ1n) is 9.74. The molecule has 1 fully saturated rings. The van der Waals surface area contributed by atoms with E-state index in [1.54, 1.807) is 0 Å². The van der Waals surface area contributed by atoms with Crippen LogP contribution in [0.2, 0.25) is 0 Å². The number of rotatable bonds is 4. The zero-order valence-corrected chi connectivity index (χ0v) is 15.1. The largest absolute Gasteiger partial charge is 0.247 e. The molecule has 2 heteroatoms. The van der Waals surface area contributed by atoms with Gasteiger partial charge in [-0.15, -0.1) is 0 Å². The minimum absolute atomic E-state index is 0.592. The molecule has 0 spiro atoms. The van der Waals surface area contributed by atoms with Gasteiger partial charge in [0.1, 0.15) is 11.9 Å². The molecule has 1 atom stereocenters. The van der Waals surface area contributed by atoms with Gasteiger partial charge in [0.05, 0.1) is 6.54 Å². The fraction of sp³-hybridized carbons (Fsp3) is 0.850.